The molecule has 9 heteroatoms. The Morgan fingerprint density at radius 2 is 1.96 bits per heavy atom. The van der Waals surface area contributed by atoms with Gasteiger partial charge in [0, 0.05) is 48.8 Å². The first-order valence-corrected chi connectivity index (χ1v) is 9.85. The lowest BCUT2D eigenvalue weighted by molar-refractivity contribution is 0.0764. The van der Waals surface area contributed by atoms with E-state index in [0.29, 0.717) is 31.6 Å². The fourth-order valence-electron chi connectivity index (χ4n) is 3.23. The maximum absolute atomic E-state index is 12.8. The summed E-state index contributed by atoms with van der Waals surface area (Å²) in [4.78, 5) is 24.1. The second-order valence-electron chi connectivity index (χ2n) is 6.25. The number of carbonyl (C=O) groups excluding carboxylic acids is 1. The first-order chi connectivity index (χ1) is 12.6. The van der Waals surface area contributed by atoms with Crippen molar-refractivity contribution in [3.8, 4) is 0 Å². The second kappa shape index (κ2) is 6.58. The predicted octanol–water partition coefficient (Wildman–Crippen LogP) is 1.43. The van der Waals surface area contributed by atoms with E-state index in [0.717, 1.165) is 10.9 Å². The highest BCUT2D eigenvalue weighted by atomic mass is 32.2. The van der Waals surface area contributed by atoms with Crippen molar-refractivity contribution in [1.82, 2.24) is 24.2 Å². The average Bonchev–Trinajstić information content (AvgIpc) is 3.27. The molecule has 3 aromatic rings. The van der Waals surface area contributed by atoms with E-state index in [4.69, 9.17) is 0 Å². The van der Waals surface area contributed by atoms with Crippen LogP contribution in [0.25, 0.3) is 10.9 Å². The molecule has 0 spiro atoms. The smallest absolute Gasteiger partial charge is 0.260 e. The Labute approximate surface area is 150 Å². The van der Waals surface area contributed by atoms with E-state index in [-0.39, 0.29) is 17.5 Å². The zero-order valence-corrected chi connectivity index (χ0v) is 14.9. The number of fused-ring (bicyclic) bond motifs is 1. The van der Waals surface area contributed by atoms with Crippen LogP contribution in [0.1, 0.15) is 16.8 Å². The van der Waals surface area contributed by atoms with Crippen molar-refractivity contribution >= 4 is 26.8 Å². The quantitative estimate of drug-likeness (QED) is 0.725. The number of nitrogens with zero attached hydrogens (tertiary/aromatic N) is 3. The number of amides is 1. The summed E-state index contributed by atoms with van der Waals surface area (Å²) in [6.45, 7) is 1.53. The SMILES string of the molecule is O=C(c1ccc2[nH]ccc2c1)N1CCCN(S(=O)(=O)c2cnc[nH]2)CC1. The summed E-state index contributed by atoms with van der Waals surface area (Å²) >= 11 is 0. The largest absolute Gasteiger partial charge is 0.361 e. The van der Waals surface area contributed by atoms with Gasteiger partial charge in [0.2, 0.25) is 0 Å². The minimum atomic E-state index is -3.60. The van der Waals surface area contributed by atoms with E-state index in [1.165, 1.54) is 16.8 Å². The summed E-state index contributed by atoms with van der Waals surface area (Å²) in [5, 5.41) is 1.06. The second-order valence-corrected chi connectivity index (χ2v) is 8.15. The molecule has 1 aromatic carbocycles. The number of aromatic nitrogens is 3. The molecule has 1 fully saturated rings. The number of nitrogens with one attached hydrogen (secondary N) is 2. The molecule has 4 rings (SSSR count). The molecule has 1 amide bonds. The van der Waals surface area contributed by atoms with Crippen molar-refractivity contribution in [3.63, 3.8) is 0 Å². The highest BCUT2D eigenvalue weighted by Gasteiger charge is 2.29. The van der Waals surface area contributed by atoms with E-state index in [1.54, 1.807) is 11.0 Å². The van der Waals surface area contributed by atoms with Gasteiger partial charge in [0.25, 0.3) is 15.9 Å². The Kier molecular flexibility index (Phi) is 4.25. The monoisotopic (exact) mass is 373 g/mol. The first kappa shape index (κ1) is 16.8. The van der Waals surface area contributed by atoms with Crippen molar-refractivity contribution < 1.29 is 13.2 Å². The minimum Gasteiger partial charge on any atom is -0.361 e. The summed E-state index contributed by atoms with van der Waals surface area (Å²) in [6.07, 6.45) is 5.07. The molecule has 2 N–H and O–H groups in total. The molecule has 3 heterocycles. The molecule has 0 bridgehead atoms. The third-order valence-electron chi connectivity index (χ3n) is 4.63. The lowest BCUT2D eigenvalue weighted by Crippen LogP contribution is -2.37. The van der Waals surface area contributed by atoms with Crippen LogP contribution in [0.15, 0.2) is 48.0 Å². The molecule has 136 valence electrons. The molecule has 26 heavy (non-hydrogen) atoms. The van der Waals surface area contributed by atoms with Gasteiger partial charge in [0.15, 0.2) is 5.03 Å². The Balaban J connectivity index is 1.50. The highest BCUT2D eigenvalue weighted by Crippen LogP contribution is 2.19. The van der Waals surface area contributed by atoms with Gasteiger partial charge in [-0.1, -0.05) is 0 Å². The van der Waals surface area contributed by atoms with E-state index >= 15 is 0 Å². The van der Waals surface area contributed by atoms with Crippen molar-refractivity contribution in [2.45, 2.75) is 11.4 Å². The summed E-state index contributed by atoms with van der Waals surface area (Å²) in [7, 11) is -3.60. The minimum absolute atomic E-state index is 0.0751. The van der Waals surface area contributed by atoms with Gasteiger partial charge in [0.05, 0.1) is 12.5 Å². The Morgan fingerprint density at radius 3 is 2.77 bits per heavy atom. The van der Waals surface area contributed by atoms with E-state index in [1.807, 2.05) is 24.4 Å². The molecule has 1 saturated heterocycles. The van der Waals surface area contributed by atoms with E-state index in [2.05, 4.69) is 15.0 Å². The summed E-state index contributed by atoms with van der Waals surface area (Å²) in [6, 6.07) is 7.46. The lowest BCUT2D eigenvalue weighted by atomic mass is 10.1. The molecular weight excluding hydrogens is 354 g/mol. The van der Waals surface area contributed by atoms with Gasteiger partial charge >= 0.3 is 0 Å². The Bertz CT molecular complexity index is 1030. The average molecular weight is 373 g/mol. The number of carbonyl (C=O) groups is 1. The topological polar surface area (TPSA) is 102 Å². The van der Waals surface area contributed by atoms with Crippen LogP contribution in [0.3, 0.4) is 0 Å². The van der Waals surface area contributed by atoms with E-state index in [9.17, 15) is 13.2 Å². The molecule has 2 aromatic heterocycles. The van der Waals surface area contributed by atoms with Crippen molar-refractivity contribution in [2.75, 3.05) is 26.2 Å². The standard InChI is InChI=1S/C17H19N5O3S/c23-17(14-2-3-15-13(10-14)4-5-19-15)21-6-1-7-22(9-8-21)26(24,25)16-11-18-12-20-16/h2-5,10-12,19H,1,6-9H2,(H,18,20). The maximum Gasteiger partial charge on any atom is 0.260 e. The number of sulfonamides is 1. The van der Waals surface area contributed by atoms with Gasteiger partial charge in [0.1, 0.15) is 0 Å². The number of rotatable bonds is 3. The Hall–Kier alpha value is -2.65. The van der Waals surface area contributed by atoms with Crippen LogP contribution in [0.4, 0.5) is 0 Å². The van der Waals surface area contributed by atoms with Gasteiger partial charge in [-0.15, -0.1) is 0 Å². The van der Waals surface area contributed by atoms with Gasteiger partial charge in [-0.25, -0.2) is 13.4 Å². The molecule has 1 aliphatic heterocycles. The molecule has 0 saturated carbocycles. The third kappa shape index (κ3) is 2.99. The van der Waals surface area contributed by atoms with Gasteiger partial charge < -0.3 is 14.9 Å². The van der Waals surface area contributed by atoms with Gasteiger partial charge in [-0.2, -0.15) is 4.31 Å². The summed E-state index contributed by atoms with van der Waals surface area (Å²) < 4.78 is 26.6. The van der Waals surface area contributed by atoms with Crippen LogP contribution in [0, 0.1) is 0 Å². The molecule has 0 unspecified atom stereocenters. The van der Waals surface area contributed by atoms with Crippen LogP contribution in [0.5, 0.6) is 0 Å². The number of hydrogen-bond donors (Lipinski definition) is 2. The summed E-state index contributed by atoms with van der Waals surface area (Å²) in [5.74, 6) is -0.0751. The molecule has 1 aliphatic rings. The number of benzene rings is 1. The lowest BCUT2D eigenvalue weighted by Gasteiger charge is -2.21. The number of imidazole rings is 1. The van der Waals surface area contributed by atoms with Crippen molar-refractivity contribution in [3.05, 3.63) is 48.5 Å². The van der Waals surface area contributed by atoms with Crippen molar-refractivity contribution in [1.29, 1.82) is 0 Å². The van der Waals surface area contributed by atoms with E-state index < -0.39 is 10.0 Å². The van der Waals surface area contributed by atoms with Gasteiger partial charge in [-0.05, 0) is 30.7 Å². The molecular formula is C17H19N5O3S. The van der Waals surface area contributed by atoms with Crippen LogP contribution in [0.2, 0.25) is 0 Å². The molecule has 0 radical (unpaired) electrons. The first-order valence-electron chi connectivity index (χ1n) is 8.41. The maximum atomic E-state index is 12.8. The Morgan fingerprint density at radius 1 is 1.08 bits per heavy atom. The number of aromatic amines is 2. The van der Waals surface area contributed by atoms with Crippen LogP contribution in [-0.4, -0.2) is 64.7 Å². The molecule has 0 aliphatic carbocycles. The summed E-state index contributed by atoms with van der Waals surface area (Å²) in [5.41, 5.74) is 1.59. The van der Waals surface area contributed by atoms with Gasteiger partial charge in [-0.3, -0.25) is 4.79 Å². The number of H-pyrrole nitrogens is 2. The molecule has 8 nitrogen and oxygen atoms in total. The predicted molar refractivity (Wildman–Crippen MR) is 96.2 cm³/mol. The zero-order chi connectivity index (χ0) is 18.1. The van der Waals surface area contributed by atoms with Crippen LogP contribution >= 0.6 is 0 Å². The highest BCUT2D eigenvalue weighted by molar-refractivity contribution is 7.89. The number of hydrogen-bond acceptors (Lipinski definition) is 4. The fourth-order valence-corrected chi connectivity index (χ4v) is 4.59. The van der Waals surface area contributed by atoms with Crippen LogP contribution < -0.4 is 0 Å². The molecule has 0 atom stereocenters. The fraction of sp³-hybridized carbons (Fsp3) is 0.294. The zero-order valence-electron chi connectivity index (χ0n) is 14.1. The van der Waals surface area contributed by atoms with Crippen LogP contribution in [-0.2, 0) is 10.0 Å². The van der Waals surface area contributed by atoms with Crippen molar-refractivity contribution in [2.24, 2.45) is 0 Å². The normalized spacial score (nSPS) is 16.7. The third-order valence-corrected chi connectivity index (χ3v) is 6.46.